The molecule has 0 aromatic carbocycles. The molecule has 3 nitrogen and oxygen atoms in total. The van der Waals surface area contributed by atoms with Gasteiger partial charge < -0.3 is 17.6 Å². The van der Waals surface area contributed by atoms with E-state index in [0.717, 1.165) is 8.96 Å². The third-order valence-electron chi connectivity index (χ3n) is 3.71. The molecular weight excluding hydrogens is 278 g/mol. The van der Waals surface area contributed by atoms with Gasteiger partial charge >= 0.3 is 6.97 Å². The zero-order chi connectivity index (χ0) is 14.6. The predicted molar refractivity (Wildman–Crippen MR) is 73.5 cm³/mol. The first-order chi connectivity index (χ1) is 10.1. The van der Waals surface area contributed by atoms with Gasteiger partial charge in [0.2, 0.25) is 5.95 Å². The molecule has 104 valence electrons. The summed E-state index contributed by atoms with van der Waals surface area (Å²) in [7, 11) is 0. The lowest BCUT2D eigenvalue weighted by Gasteiger charge is -2.30. The standard InChI is InChI=1S/C14H9BF3N3/c16-13-7-1-4-10(19-13)14-11-5-2-8-20(11)15(17,18)21-9-3-6-12(14)21/h1-9H. The average Bonchev–Trinajstić information content (AvgIpc) is 3.08. The van der Waals surface area contributed by atoms with Crippen molar-refractivity contribution in [2.24, 2.45) is 0 Å². The highest BCUT2D eigenvalue weighted by Crippen LogP contribution is 2.37. The molecule has 7 heteroatoms. The molecule has 4 heterocycles. The average molecular weight is 287 g/mol. The van der Waals surface area contributed by atoms with Gasteiger partial charge in [-0.2, -0.15) is 4.39 Å². The number of rotatable bonds is 1. The van der Waals surface area contributed by atoms with Gasteiger partial charge in [0, 0.05) is 17.8 Å². The van der Waals surface area contributed by atoms with E-state index in [-0.39, 0.29) is 0 Å². The number of halogens is 3. The highest BCUT2D eigenvalue weighted by Gasteiger charge is 2.51. The number of nitrogens with zero attached hydrogens (tertiary/aromatic N) is 3. The molecule has 0 bridgehead atoms. The Bertz CT molecular complexity index is 849. The Morgan fingerprint density at radius 3 is 2.81 bits per heavy atom. The zero-order valence-corrected chi connectivity index (χ0v) is 10.7. The van der Waals surface area contributed by atoms with Crippen molar-refractivity contribution in [3.8, 4) is 0 Å². The minimum atomic E-state index is -3.93. The van der Waals surface area contributed by atoms with E-state index in [0.29, 0.717) is 22.7 Å². The molecule has 0 aliphatic carbocycles. The first kappa shape index (κ1) is 12.2. The number of aromatic nitrogens is 2. The van der Waals surface area contributed by atoms with Gasteiger partial charge in [-0.25, -0.2) is 4.98 Å². The van der Waals surface area contributed by atoms with Crippen molar-refractivity contribution in [3.05, 3.63) is 71.7 Å². The summed E-state index contributed by atoms with van der Waals surface area (Å²) in [5, 5.41) is 0. The summed E-state index contributed by atoms with van der Waals surface area (Å²) >= 11 is 0. The molecule has 21 heavy (non-hydrogen) atoms. The van der Waals surface area contributed by atoms with Crippen molar-refractivity contribution in [1.82, 2.24) is 9.46 Å². The Balaban J connectivity index is 2.06. The highest BCUT2D eigenvalue weighted by molar-refractivity contribution is 6.57. The molecule has 4 rings (SSSR count). The van der Waals surface area contributed by atoms with Crippen LogP contribution in [0.2, 0.25) is 0 Å². The first-order valence-electron chi connectivity index (χ1n) is 6.46. The summed E-state index contributed by atoms with van der Waals surface area (Å²) in [5.74, 6) is -0.640. The molecule has 2 aliphatic heterocycles. The van der Waals surface area contributed by atoms with Crippen LogP contribution in [0.1, 0.15) is 11.4 Å². The molecule has 2 aromatic rings. The van der Waals surface area contributed by atoms with E-state index in [1.165, 1.54) is 24.5 Å². The molecule has 0 atom stereocenters. The Hall–Kier alpha value is -2.57. The van der Waals surface area contributed by atoms with Crippen molar-refractivity contribution in [2.75, 3.05) is 0 Å². The van der Waals surface area contributed by atoms with Crippen LogP contribution in [0, 0.1) is 5.95 Å². The first-order valence-corrected chi connectivity index (χ1v) is 6.46. The Morgan fingerprint density at radius 1 is 1.14 bits per heavy atom. The summed E-state index contributed by atoms with van der Waals surface area (Å²) in [4.78, 5) is 3.83. The maximum atomic E-state index is 14.5. The number of hydrogen-bond acceptors (Lipinski definition) is 1. The Kier molecular flexibility index (Phi) is 2.31. The van der Waals surface area contributed by atoms with Crippen LogP contribution in [0.5, 0.6) is 0 Å². The second kappa shape index (κ2) is 3.97. The highest BCUT2D eigenvalue weighted by atomic mass is 19.2. The van der Waals surface area contributed by atoms with Crippen molar-refractivity contribution in [2.45, 2.75) is 0 Å². The number of allylic oxidation sites excluding steroid dienone is 2. The Labute approximate surface area is 118 Å². The molecule has 0 saturated carbocycles. The summed E-state index contributed by atoms with van der Waals surface area (Å²) < 4.78 is 44.3. The molecule has 0 spiro atoms. The largest absolute Gasteiger partial charge is 0.737 e. The summed E-state index contributed by atoms with van der Waals surface area (Å²) in [6.45, 7) is -3.93. The third kappa shape index (κ3) is 1.57. The van der Waals surface area contributed by atoms with E-state index in [2.05, 4.69) is 4.98 Å². The van der Waals surface area contributed by atoms with Crippen molar-refractivity contribution < 1.29 is 17.5 Å². The van der Waals surface area contributed by atoms with E-state index >= 15 is 0 Å². The second-order valence-corrected chi connectivity index (χ2v) is 4.91. The quantitative estimate of drug-likeness (QED) is 0.583. The fraction of sp³-hybridized carbons (Fsp3) is 0. The number of fused-ring (bicyclic) bond motifs is 2. The van der Waals surface area contributed by atoms with Crippen molar-refractivity contribution >= 4 is 18.8 Å². The van der Waals surface area contributed by atoms with Crippen LogP contribution in [-0.2, 0) is 0 Å². The maximum absolute atomic E-state index is 14.5. The summed E-state index contributed by atoms with van der Waals surface area (Å²) in [6.07, 6.45) is 5.81. The molecule has 2 aromatic heterocycles. The van der Waals surface area contributed by atoms with Gasteiger partial charge in [0.15, 0.2) is 5.70 Å². The van der Waals surface area contributed by atoms with Crippen LogP contribution in [0.4, 0.5) is 13.0 Å². The van der Waals surface area contributed by atoms with E-state index in [1.807, 2.05) is 0 Å². The molecule has 0 N–H and O–H groups in total. The lowest BCUT2D eigenvalue weighted by molar-refractivity contribution is -0.356. The minimum Gasteiger partial charge on any atom is -0.396 e. The minimum absolute atomic E-state index is 0.334. The van der Waals surface area contributed by atoms with Gasteiger partial charge in [-0.1, -0.05) is 6.07 Å². The number of pyridine rings is 1. The van der Waals surface area contributed by atoms with Gasteiger partial charge in [0.05, 0.1) is 11.3 Å². The molecule has 0 fully saturated rings. The summed E-state index contributed by atoms with van der Waals surface area (Å²) in [6, 6.07) is 7.50. The predicted octanol–water partition coefficient (Wildman–Crippen LogP) is 2.67. The number of hydrogen-bond donors (Lipinski definition) is 0. The monoisotopic (exact) mass is 287 g/mol. The van der Waals surface area contributed by atoms with E-state index in [9.17, 15) is 13.0 Å². The third-order valence-corrected chi connectivity index (χ3v) is 3.71. The summed E-state index contributed by atoms with van der Waals surface area (Å²) in [5.41, 5.74) is 1.51. The van der Waals surface area contributed by atoms with Crippen LogP contribution in [-0.4, -0.2) is 27.1 Å². The normalized spacial score (nSPS) is 18.5. The fourth-order valence-corrected chi connectivity index (χ4v) is 2.83. The fourth-order valence-electron chi connectivity index (χ4n) is 2.83. The zero-order valence-electron chi connectivity index (χ0n) is 10.7. The molecule has 0 unspecified atom stereocenters. The SMILES string of the molecule is Fc1cccc(C2=C3C=CC=[N+]3[B-](F)(F)n3cccc32)n1. The topological polar surface area (TPSA) is 20.8 Å². The van der Waals surface area contributed by atoms with Crippen molar-refractivity contribution in [3.63, 3.8) is 0 Å². The van der Waals surface area contributed by atoms with E-state index in [4.69, 9.17) is 0 Å². The van der Waals surface area contributed by atoms with Gasteiger partial charge in [-0.3, -0.25) is 0 Å². The smallest absolute Gasteiger partial charge is 0.396 e. The van der Waals surface area contributed by atoms with E-state index < -0.39 is 12.9 Å². The van der Waals surface area contributed by atoms with Crippen LogP contribution in [0.25, 0.3) is 5.57 Å². The van der Waals surface area contributed by atoms with Crippen LogP contribution in [0.15, 0.2) is 54.4 Å². The van der Waals surface area contributed by atoms with Gasteiger partial charge in [-0.05, 0) is 30.5 Å². The van der Waals surface area contributed by atoms with Gasteiger partial charge in [-0.15, -0.1) is 0 Å². The molecule has 0 radical (unpaired) electrons. The molecular formula is C14H9BF3N3. The Morgan fingerprint density at radius 2 is 2.00 bits per heavy atom. The van der Waals surface area contributed by atoms with Gasteiger partial charge in [0.25, 0.3) is 0 Å². The van der Waals surface area contributed by atoms with Gasteiger partial charge in [0.1, 0.15) is 6.21 Å². The molecule has 0 amide bonds. The molecule has 2 aliphatic rings. The molecule has 0 saturated heterocycles. The van der Waals surface area contributed by atoms with Crippen LogP contribution in [0.3, 0.4) is 0 Å². The lowest BCUT2D eigenvalue weighted by Crippen LogP contribution is -2.49. The van der Waals surface area contributed by atoms with Crippen LogP contribution < -0.4 is 0 Å². The second-order valence-electron chi connectivity index (χ2n) is 4.91. The van der Waals surface area contributed by atoms with E-state index in [1.54, 1.807) is 30.4 Å². The van der Waals surface area contributed by atoms with Crippen LogP contribution >= 0.6 is 0 Å². The maximum Gasteiger partial charge on any atom is 0.737 e. The lowest BCUT2D eigenvalue weighted by atomic mass is 9.88. The van der Waals surface area contributed by atoms with Crippen molar-refractivity contribution in [1.29, 1.82) is 0 Å².